The Bertz CT molecular complexity index is 992. The molecule has 1 aromatic heterocycles. The summed E-state index contributed by atoms with van der Waals surface area (Å²) in [5, 5.41) is 9.94. The molecule has 0 fully saturated rings. The number of benzene rings is 2. The Morgan fingerprint density at radius 3 is 2.52 bits per heavy atom. The molecule has 2 aromatic carbocycles. The third-order valence-corrected chi connectivity index (χ3v) is 4.62. The molecule has 0 saturated carbocycles. The smallest absolute Gasteiger partial charge is 0.229 e. The fourth-order valence-corrected chi connectivity index (χ4v) is 3.32. The zero-order chi connectivity index (χ0) is 19.0. The number of rotatable bonds is 4. The first-order chi connectivity index (χ1) is 13.0. The largest absolute Gasteiger partial charge is 0.471 e. The summed E-state index contributed by atoms with van der Waals surface area (Å²) in [4.78, 5) is 9.12. The Morgan fingerprint density at radius 2 is 1.74 bits per heavy atom. The maximum atomic E-state index is 5.47. The zero-order valence-electron chi connectivity index (χ0n) is 16.0. The van der Waals surface area contributed by atoms with Crippen molar-refractivity contribution >= 4 is 28.8 Å². The van der Waals surface area contributed by atoms with E-state index in [0.29, 0.717) is 12.7 Å². The third kappa shape index (κ3) is 3.51. The number of hydrogen-bond acceptors (Lipinski definition) is 6. The lowest BCUT2D eigenvalue weighted by atomic mass is 10.1. The van der Waals surface area contributed by atoms with Gasteiger partial charge in [0.05, 0.1) is 5.69 Å². The van der Waals surface area contributed by atoms with Crippen LogP contribution in [-0.4, -0.2) is 16.7 Å². The predicted octanol–water partition coefficient (Wildman–Crippen LogP) is 4.96. The van der Waals surface area contributed by atoms with E-state index in [4.69, 9.17) is 4.74 Å². The average molecular weight is 361 g/mol. The molecule has 6 nitrogen and oxygen atoms in total. The first-order valence-corrected chi connectivity index (χ1v) is 8.96. The van der Waals surface area contributed by atoms with Gasteiger partial charge < -0.3 is 20.7 Å². The van der Waals surface area contributed by atoms with Crippen molar-refractivity contribution in [2.45, 2.75) is 27.7 Å². The van der Waals surface area contributed by atoms with E-state index in [1.54, 1.807) is 0 Å². The van der Waals surface area contributed by atoms with E-state index in [-0.39, 0.29) is 0 Å². The second kappa shape index (κ2) is 6.79. The van der Waals surface area contributed by atoms with Gasteiger partial charge in [0.25, 0.3) is 0 Å². The molecule has 0 spiro atoms. The number of aryl methyl sites for hydroxylation is 4. The SMILES string of the molecule is Cc1cc(C)c(Nc2ncc(C)c(Nc3ccc4c(c3)NCO4)n2)c(C)c1. The summed E-state index contributed by atoms with van der Waals surface area (Å²) in [6.45, 7) is 8.78. The summed E-state index contributed by atoms with van der Waals surface area (Å²) in [5.74, 6) is 2.21. The van der Waals surface area contributed by atoms with Gasteiger partial charge in [0.1, 0.15) is 11.6 Å². The van der Waals surface area contributed by atoms with Crippen molar-refractivity contribution in [2.75, 3.05) is 22.7 Å². The first-order valence-electron chi connectivity index (χ1n) is 8.96. The normalized spacial score (nSPS) is 12.1. The average Bonchev–Trinajstić information content (AvgIpc) is 3.08. The number of ether oxygens (including phenoxy) is 1. The number of nitrogens with one attached hydrogen (secondary N) is 3. The molecule has 1 aliphatic rings. The zero-order valence-corrected chi connectivity index (χ0v) is 16.0. The Labute approximate surface area is 159 Å². The molecule has 6 heteroatoms. The molecule has 0 atom stereocenters. The van der Waals surface area contributed by atoms with Gasteiger partial charge >= 0.3 is 0 Å². The van der Waals surface area contributed by atoms with Gasteiger partial charge in [-0.3, -0.25) is 0 Å². The van der Waals surface area contributed by atoms with Crippen LogP contribution in [0.1, 0.15) is 22.3 Å². The van der Waals surface area contributed by atoms with Crippen molar-refractivity contribution in [1.29, 1.82) is 0 Å². The lowest BCUT2D eigenvalue weighted by Gasteiger charge is -2.15. The minimum atomic E-state index is 0.509. The van der Waals surface area contributed by atoms with E-state index < -0.39 is 0 Å². The fraction of sp³-hybridized carbons (Fsp3) is 0.238. The van der Waals surface area contributed by atoms with Gasteiger partial charge in [-0.15, -0.1) is 0 Å². The lowest BCUT2D eigenvalue weighted by molar-refractivity contribution is 0.372. The first kappa shape index (κ1) is 17.1. The summed E-state index contributed by atoms with van der Waals surface area (Å²) in [7, 11) is 0. The second-order valence-corrected chi connectivity index (χ2v) is 6.93. The van der Waals surface area contributed by atoms with Crippen molar-refractivity contribution < 1.29 is 4.74 Å². The molecule has 0 unspecified atom stereocenters. The monoisotopic (exact) mass is 361 g/mol. The van der Waals surface area contributed by atoms with Crippen LogP contribution >= 0.6 is 0 Å². The van der Waals surface area contributed by atoms with Gasteiger partial charge in [-0.1, -0.05) is 17.7 Å². The molecule has 0 bridgehead atoms. The molecule has 0 saturated heterocycles. The Kier molecular flexibility index (Phi) is 4.32. The van der Waals surface area contributed by atoms with Gasteiger partial charge in [-0.25, -0.2) is 4.98 Å². The summed E-state index contributed by atoms with van der Waals surface area (Å²) in [6.07, 6.45) is 1.82. The summed E-state index contributed by atoms with van der Waals surface area (Å²) >= 11 is 0. The topological polar surface area (TPSA) is 71.1 Å². The summed E-state index contributed by atoms with van der Waals surface area (Å²) in [6, 6.07) is 10.3. The van der Waals surface area contributed by atoms with Crippen LogP contribution in [0.15, 0.2) is 36.5 Å². The molecule has 2 heterocycles. The quantitative estimate of drug-likeness (QED) is 0.610. The Morgan fingerprint density at radius 1 is 0.963 bits per heavy atom. The van der Waals surface area contributed by atoms with Crippen LogP contribution in [0.25, 0.3) is 0 Å². The number of fused-ring (bicyclic) bond motifs is 1. The Hall–Kier alpha value is -3.28. The molecule has 0 radical (unpaired) electrons. The van der Waals surface area contributed by atoms with Crippen molar-refractivity contribution in [2.24, 2.45) is 0 Å². The summed E-state index contributed by atoms with van der Waals surface area (Å²) < 4.78 is 5.47. The van der Waals surface area contributed by atoms with Crippen molar-refractivity contribution in [3.05, 3.63) is 58.8 Å². The molecule has 0 amide bonds. The molecule has 138 valence electrons. The third-order valence-electron chi connectivity index (χ3n) is 4.62. The maximum absolute atomic E-state index is 5.47. The second-order valence-electron chi connectivity index (χ2n) is 6.93. The molecule has 4 rings (SSSR count). The van der Waals surface area contributed by atoms with Crippen LogP contribution in [0.4, 0.5) is 28.8 Å². The highest BCUT2D eigenvalue weighted by Crippen LogP contribution is 2.33. The number of nitrogens with zero attached hydrogens (tertiary/aromatic N) is 2. The van der Waals surface area contributed by atoms with E-state index in [0.717, 1.165) is 34.2 Å². The van der Waals surface area contributed by atoms with Gasteiger partial charge in [0, 0.05) is 23.1 Å². The molecule has 3 aromatic rings. The van der Waals surface area contributed by atoms with Crippen molar-refractivity contribution in [3.8, 4) is 5.75 Å². The molecular weight excluding hydrogens is 338 g/mol. The molecule has 27 heavy (non-hydrogen) atoms. The number of aromatic nitrogens is 2. The van der Waals surface area contributed by atoms with Gasteiger partial charge in [0.2, 0.25) is 5.95 Å². The highest BCUT2D eigenvalue weighted by atomic mass is 16.5. The molecule has 3 N–H and O–H groups in total. The van der Waals surface area contributed by atoms with Crippen LogP contribution in [0.2, 0.25) is 0 Å². The van der Waals surface area contributed by atoms with Crippen LogP contribution in [-0.2, 0) is 0 Å². The van der Waals surface area contributed by atoms with Crippen LogP contribution in [0.3, 0.4) is 0 Å². The highest BCUT2D eigenvalue weighted by molar-refractivity contribution is 5.71. The standard InChI is InChI=1S/C21H23N5O/c1-12-7-13(2)19(14(3)8-12)25-21-22-10-15(4)20(26-21)24-16-5-6-18-17(9-16)23-11-27-18/h5-10,23H,11H2,1-4H3,(H2,22,24,25,26). The van der Waals surface area contributed by atoms with Crippen LogP contribution < -0.4 is 20.7 Å². The minimum absolute atomic E-state index is 0.509. The molecule has 1 aliphatic heterocycles. The van der Waals surface area contributed by atoms with E-state index in [1.807, 2.05) is 31.3 Å². The molecular formula is C21H23N5O. The van der Waals surface area contributed by atoms with Gasteiger partial charge in [-0.05, 0) is 57.0 Å². The van der Waals surface area contributed by atoms with Crippen LogP contribution in [0.5, 0.6) is 5.75 Å². The van der Waals surface area contributed by atoms with Gasteiger partial charge in [0.15, 0.2) is 6.73 Å². The highest BCUT2D eigenvalue weighted by Gasteiger charge is 2.13. The Balaban J connectivity index is 1.60. The number of hydrogen-bond donors (Lipinski definition) is 3. The van der Waals surface area contributed by atoms with E-state index >= 15 is 0 Å². The van der Waals surface area contributed by atoms with E-state index in [9.17, 15) is 0 Å². The van der Waals surface area contributed by atoms with Gasteiger partial charge in [-0.2, -0.15) is 4.98 Å². The maximum Gasteiger partial charge on any atom is 0.229 e. The van der Waals surface area contributed by atoms with Crippen molar-refractivity contribution in [3.63, 3.8) is 0 Å². The van der Waals surface area contributed by atoms with Crippen LogP contribution in [0, 0.1) is 27.7 Å². The fourth-order valence-electron chi connectivity index (χ4n) is 3.32. The van der Waals surface area contributed by atoms with E-state index in [2.05, 4.69) is 58.8 Å². The van der Waals surface area contributed by atoms with E-state index in [1.165, 1.54) is 16.7 Å². The summed E-state index contributed by atoms with van der Waals surface area (Å²) in [5.41, 5.74) is 7.55. The predicted molar refractivity (Wildman–Crippen MR) is 110 cm³/mol. The van der Waals surface area contributed by atoms with Crippen molar-refractivity contribution in [1.82, 2.24) is 9.97 Å². The number of anilines is 5. The lowest BCUT2D eigenvalue weighted by Crippen LogP contribution is -2.05. The minimum Gasteiger partial charge on any atom is -0.471 e. The molecule has 0 aliphatic carbocycles.